The van der Waals surface area contributed by atoms with Crippen LogP contribution in [0.15, 0.2) is 18.2 Å². The maximum atomic E-state index is 9.78. The maximum absolute atomic E-state index is 9.78. The highest BCUT2D eigenvalue weighted by Crippen LogP contribution is 2.30. The molecule has 0 radical (unpaired) electrons. The van der Waals surface area contributed by atoms with Crippen LogP contribution in [0.4, 0.5) is 0 Å². The zero-order valence-corrected chi connectivity index (χ0v) is 11.5. The molecule has 5 heteroatoms. The molecule has 0 saturated carbocycles. The van der Waals surface area contributed by atoms with Gasteiger partial charge >= 0.3 is 0 Å². The van der Waals surface area contributed by atoms with Crippen LogP contribution >= 0.6 is 11.6 Å². The summed E-state index contributed by atoms with van der Waals surface area (Å²) < 4.78 is 11.1. The molecule has 2 N–H and O–H groups in total. The highest BCUT2D eigenvalue weighted by atomic mass is 35.5. The molecule has 1 aliphatic heterocycles. The summed E-state index contributed by atoms with van der Waals surface area (Å²) in [5.41, 5.74) is 0.693. The predicted octanol–water partition coefficient (Wildman–Crippen LogP) is 2.31. The number of hydrogen-bond donors (Lipinski definition) is 2. The normalized spacial score (nSPS) is 18.3. The highest BCUT2D eigenvalue weighted by molar-refractivity contribution is 6.32. The molecule has 0 bridgehead atoms. The van der Waals surface area contributed by atoms with E-state index in [-0.39, 0.29) is 12.7 Å². The first kappa shape index (κ1) is 14.6. The molecule has 1 aromatic rings. The summed E-state index contributed by atoms with van der Waals surface area (Å²) in [5, 5.41) is 19.1. The molecule has 2 rings (SSSR count). The van der Waals surface area contributed by atoms with Gasteiger partial charge in [-0.2, -0.15) is 0 Å². The number of hydrogen-bond acceptors (Lipinski definition) is 4. The molecule has 106 valence electrons. The zero-order chi connectivity index (χ0) is 13.7. The summed E-state index contributed by atoms with van der Waals surface area (Å²) in [4.78, 5) is 0. The van der Waals surface area contributed by atoms with E-state index in [9.17, 15) is 5.11 Å². The molecule has 1 saturated heterocycles. The van der Waals surface area contributed by atoms with Crippen LogP contribution in [0.1, 0.15) is 30.9 Å². The van der Waals surface area contributed by atoms with Gasteiger partial charge in [0.1, 0.15) is 11.9 Å². The Bertz CT molecular complexity index is 404. The van der Waals surface area contributed by atoms with Crippen molar-refractivity contribution in [1.82, 2.24) is 0 Å². The molecular weight excluding hydrogens is 268 g/mol. The highest BCUT2D eigenvalue weighted by Gasteiger charge is 2.17. The van der Waals surface area contributed by atoms with E-state index in [1.807, 2.05) is 0 Å². The molecule has 1 heterocycles. The van der Waals surface area contributed by atoms with E-state index in [0.717, 1.165) is 26.1 Å². The Balaban J connectivity index is 2.01. The maximum Gasteiger partial charge on any atom is 0.138 e. The van der Waals surface area contributed by atoms with Crippen LogP contribution in [0.5, 0.6) is 5.75 Å². The van der Waals surface area contributed by atoms with Crippen LogP contribution in [0.3, 0.4) is 0 Å². The van der Waals surface area contributed by atoms with Gasteiger partial charge in [-0.05, 0) is 17.7 Å². The first-order valence-corrected chi connectivity index (χ1v) is 6.91. The van der Waals surface area contributed by atoms with Crippen molar-refractivity contribution in [3.8, 4) is 5.75 Å². The third-order valence-corrected chi connectivity index (χ3v) is 3.50. The minimum Gasteiger partial charge on any atom is -0.489 e. The fraction of sp³-hybridized carbons (Fsp3) is 0.571. The standard InChI is InChI=1S/C14H19ClO4/c15-12-9-10(13(17)3-6-16)1-2-14(12)19-11-4-7-18-8-5-11/h1-2,9,11,13,16-17H,3-8H2. The van der Waals surface area contributed by atoms with Gasteiger partial charge in [-0.1, -0.05) is 17.7 Å². The van der Waals surface area contributed by atoms with Crippen LogP contribution in [0, 0.1) is 0 Å². The van der Waals surface area contributed by atoms with Gasteiger partial charge in [-0.3, -0.25) is 0 Å². The van der Waals surface area contributed by atoms with Gasteiger partial charge in [0.05, 0.1) is 24.3 Å². The van der Waals surface area contributed by atoms with Crippen molar-refractivity contribution < 1.29 is 19.7 Å². The molecule has 0 aliphatic carbocycles. The summed E-state index contributed by atoms with van der Waals surface area (Å²) in [6.07, 6.45) is 1.48. The quantitative estimate of drug-likeness (QED) is 0.872. The molecule has 1 fully saturated rings. The average Bonchev–Trinajstić information content (AvgIpc) is 2.42. The van der Waals surface area contributed by atoms with Crippen molar-refractivity contribution >= 4 is 11.6 Å². The summed E-state index contributed by atoms with van der Waals surface area (Å²) in [5.74, 6) is 0.633. The number of aliphatic hydroxyl groups is 2. The fourth-order valence-electron chi connectivity index (χ4n) is 2.08. The van der Waals surface area contributed by atoms with Crippen LogP contribution in [0.25, 0.3) is 0 Å². The third-order valence-electron chi connectivity index (χ3n) is 3.21. The average molecular weight is 287 g/mol. The van der Waals surface area contributed by atoms with Crippen molar-refractivity contribution in [1.29, 1.82) is 0 Å². The van der Waals surface area contributed by atoms with E-state index >= 15 is 0 Å². The van der Waals surface area contributed by atoms with Crippen molar-refractivity contribution in [3.05, 3.63) is 28.8 Å². The van der Waals surface area contributed by atoms with E-state index in [4.69, 9.17) is 26.2 Å². The van der Waals surface area contributed by atoms with Gasteiger partial charge in [0.2, 0.25) is 0 Å². The number of ether oxygens (including phenoxy) is 2. The van der Waals surface area contributed by atoms with Gasteiger partial charge in [-0.15, -0.1) is 0 Å². The second-order valence-corrected chi connectivity index (χ2v) is 5.05. The summed E-state index contributed by atoms with van der Waals surface area (Å²) in [6.45, 7) is 1.38. The molecular formula is C14H19ClO4. The van der Waals surface area contributed by atoms with Gasteiger partial charge in [0, 0.05) is 25.9 Å². The Labute approximate surface area is 117 Å². The van der Waals surface area contributed by atoms with Crippen LogP contribution in [0.2, 0.25) is 5.02 Å². The minimum atomic E-state index is -0.695. The van der Waals surface area contributed by atoms with E-state index in [2.05, 4.69) is 0 Å². The smallest absolute Gasteiger partial charge is 0.138 e. The van der Waals surface area contributed by atoms with Gasteiger partial charge in [-0.25, -0.2) is 0 Å². The van der Waals surface area contributed by atoms with Crippen LogP contribution in [-0.4, -0.2) is 36.1 Å². The Morgan fingerprint density at radius 1 is 1.37 bits per heavy atom. The van der Waals surface area contributed by atoms with Gasteiger partial charge < -0.3 is 19.7 Å². The topological polar surface area (TPSA) is 58.9 Å². The molecule has 1 aromatic carbocycles. The molecule has 0 amide bonds. The molecule has 4 nitrogen and oxygen atoms in total. The zero-order valence-electron chi connectivity index (χ0n) is 10.7. The second-order valence-electron chi connectivity index (χ2n) is 4.65. The molecule has 0 spiro atoms. The lowest BCUT2D eigenvalue weighted by atomic mass is 10.1. The van der Waals surface area contributed by atoms with E-state index in [0.29, 0.717) is 22.8 Å². The summed E-state index contributed by atoms with van der Waals surface area (Å²) >= 11 is 6.16. The first-order chi connectivity index (χ1) is 9.20. The lowest BCUT2D eigenvalue weighted by Gasteiger charge is -2.24. The lowest BCUT2D eigenvalue weighted by Crippen LogP contribution is -2.26. The molecule has 1 unspecified atom stereocenters. The van der Waals surface area contributed by atoms with E-state index < -0.39 is 6.10 Å². The van der Waals surface area contributed by atoms with Gasteiger partial charge in [0.15, 0.2) is 0 Å². The second kappa shape index (κ2) is 7.10. The molecule has 1 atom stereocenters. The number of aliphatic hydroxyl groups excluding tert-OH is 2. The van der Waals surface area contributed by atoms with E-state index in [1.165, 1.54) is 0 Å². The largest absolute Gasteiger partial charge is 0.489 e. The fourth-order valence-corrected chi connectivity index (χ4v) is 2.32. The van der Waals surface area contributed by atoms with Crippen molar-refractivity contribution in [2.45, 2.75) is 31.5 Å². The van der Waals surface area contributed by atoms with Gasteiger partial charge in [0.25, 0.3) is 0 Å². The number of benzene rings is 1. The Hall–Kier alpha value is -0.810. The SMILES string of the molecule is OCCC(O)c1ccc(OC2CCOCC2)c(Cl)c1. The molecule has 1 aliphatic rings. The minimum absolute atomic E-state index is 0.0564. The van der Waals surface area contributed by atoms with Crippen molar-refractivity contribution in [2.24, 2.45) is 0 Å². The lowest BCUT2D eigenvalue weighted by molar-refractivity contribution is 0.0256. The predicted molar refractivity (Wildman–Crippen MR) is 72.6 cm³/mol. The van der Waals surface area contributed by atoms with Crippen molar-refractivity contribution in [2.75, 3.05) is 19.8 Å². The molecule has 19 heavy (non-hydrogen) atoms. The first-order valence-electron chi connectivity index (χ1n) is 6.53. The number of halogens is 1. The summed E-state index contributed by atoms with van der Waals surface area (Å²) in [7, 11) is 0. The Morgan fingerprint density at radius 3 is 2.74 bits per heavy atom. The Kier molecular flexibility index (Phi) is 5.45. The summed E-state index contributed by atoms with van der Waals surface area (Å²) in [6, 6.07) is 5.24. The monoisotopic (exact) mass is 286 g/mol. The van der Waals surface area contributed by atoms with Crippen LogP contribution < -0.4 is 4.74 Å². The third kappa shape index (κ3) is 4.08. The molecule has 0 aromatic heterocycles. The number of rotatable bonds is 5. The Morgan fingerprint density at radius 2 is 2.11 bits per heavy atom. The van der Waals surface area contributed by atoms with Crippen LogP contribution in [-0.2, 0) is 4.74 Å². The van der Waals surface area contributed by atoms with E-state index in [1.54, 1.807) is 18.2 Å². The van der Waals surface area contributed by atoms with Crippen molar-refractivity contribution in [3.63, 3.8) is 0 Å².